The number of hydrogen-bond acceptors (Lipinski definition) is 3. The van der Waals surface area contributed by atoms with Crippen LogP contribution in [0, 0.1) is 13.8 Å². The van der Waals surface area contributed by atoms with Crippen molar-refractivity contribution in [1.29, 1.82) is 0 Å². The van der Waals surface area contributed by atoms with Gasteiger partial charge in [-0.25, -0.2) is 9.79 Å². The summed E-state index contributed by atoms with van der Waals surface area (Å²) in [5, 5.41) is 0. The number of benzene rings is 2. The van der Waals surface area contributed by atoms with Crippen LogP contribution >= 0.6 is 0 Å². The van der Waals surface area contributed by atoms with Gasteiger partial charge in [0.1, 0.15) is 0 Å². The molecule has 0 fully saturated rings. The molecule has 2 aromatic carbocycles. The molecular weight excluding hydrogens is 262 g/mol. The summed E-state index contributed by atoms with van der Waals surface area (Å²) in [6.45, 7) is 3.99. The third kappa shape index (κ3) is 2.77. The van der Waals surface area contributed by atoms with Crippen LogP contribution in [0.3, 0.4) is 0 Å². The Balaban J connectivity index is 1.96. The summed E-state index contributed by atoms with van der Waals surface area (Å²) in [5.74, 6) is -0.0368. The van der Waals surface area contributed by atoms with Gasteiger partial charge in [0.25, 0.3) is 0 Å². The van der Waals surface area contributed by atoms with Gasteiger partial charge in [0.05, 0.1) is 0 Å². The highest BCUT2D eigenvalue weighted by Gasteiger charge is 2.24. The van der Waals surface area contributed by atoms with E-state index in [0.717, 1.165) is 16.7 Å². The average molecular weight is 277 g/mol. The van der Waals surface area contributed by atoms with Gasteiger partial charge in [0.15, 0.2) is 5.70 Å². The summed E-state index contributed by atoms with van der Waals surface area (Å²) in [5.41, 5.74) is 4.31. The van der Waals surface area contributed by atoms with E-state index in [4.69, 9.17) is 4.74 Å². The molecule has 0 aromatic heterocycles. The Bertz CT molecular complexity index is 755. The van der Waals surface area contributed by atoms with Crippen LogP contribution in [-0.2, 0) is 9.53 Å². The van der Waals surface area contributed by atoms with Gasteiger partial charge in [0, 0.05) is 5.56 Å². The van der Waals surface area contributed by atoms with Gasteiger partial charge in [-0.15, -0.1) is 0 Å². The molecule has 0 radical (unpaired) electrons. The quantitative estimate of drug-likeness (QED) is 0.621. The van der Waals surface area contributed by atoms with Crippen molar-refractivity contribution < 1.29 is 9.53 Å². The highest BCUT2D eigenvalue weighted by Crippen LogP contribution is 2.20. The van der Waals surface area contributed by atoms with E-state index >= 15 is 0 Å². The van der Waals surface area contributed by atoms with Crippen LogP contribution in [0.1, 0.15) is 22.3 Å². The second kappa shape index (κ2) is 5.37. The number of carbonyl (C=O) groups excluding carboxylic acids is 1. The molecule has 0 N–H and O–H groups in total. The van der Waals surface area contributed by atoms with Crippen molar-refractivity contribution in [2.75, 3.05) is 0 Å². The summed E-state index contributed by atoms with van der Waals surface area (Å²) in [7, 11) is 0. The first-order valence-corrected chi connectivity index (χ1v) is 6.79. The molecule has 21 heavy (non-hydrogen) atoms. The summed E-state index contributed by atoms with van der Waals surface area (Å²) < 4.78 is 5.28. The third-order valence-corrected chi connectivity index (χ3v) is 3.38. The fourth-order valence-corrected chi connectivity index (χ4v) is 2.16. The molecule has 0 unspecified atom stereocenters. The van der Waals surface area contributed by atoms with E-state index in [9.17, 15) is 4.79 Å². The first kappa shape index (κ1) is 13.3. The van der Waals surface area contributed by atoms with E-state index < -0.39 is 5.97 Å². The van der Waals surface area contributed by atoms with Crippen LogP contribution in [-0.4, -0.2) is 11.9 Å². The predicted octanol–water partition coefficient (Wildman–Crippen LogP) is 3.65. The van der Waals surface area contributed by atoms with Crippen LogP contribution in [0.15, 0.2) is 59.2 Å². The smallest absolute Gasteiger partial charge is 0.363 e. The minimum absolute atomic E-state index is 0.331. The number of carbonyl (C=O) groups is 1. The average Bonchev–Trinajstić information content (AvgIpc) is 2.83. The topological polar surface area (TPSA) is 38.7 Å². The fraction of sp³-hybridized carbons (Fsp3) is 0.111. The molecule has 0 amide bonds. The van der Waals surface area contributed by atoms with Gasteiger partial charge >= 0.3 is 5.97 Å². The number of aryl methyl sites for hydroxylation is 2. The lowest BCUT2D eigenvalue weighted by molar-refractivity contribution is -0.129. The van der Waals surface area contributed by atoms with Gasteiger partial charge in [-0.3, -0.25) is 0 Å². The molecule has 0 saturated carbocycles. The Labute approximate surface area is 123 Å². The van der Waals surface area contributed by atoms with Crippen LogP contribution in [0.5, 0.6) is 0 Å². The molecule has 3 heteroatoms. The number of hydrogen-bond donors (Lipinski definition) is 0. The van der Waals surface area contributed by atoms with E-state index in [0.29, 0.717) is 11.6 Å². The largest absolute Gasteiger partial charge is 0.402 e. The van der Waals surface area contributed by atoms with Crippen molar-refractivity contribution in [2.24, 2.45) is 4.99 Å². The van der Waals surface area contributed by atoms with Crippen LogP contribution in [0.2, 0.25) is 0 Å². The number of nitrogens with zero attached hydrogens (tertiary/aromatic N) is 1. The van der Waals surface area contributed by atoms with Crippen LogP contribution < -0.4 is 0 Å². The van der Waals surface area contributed by atoms with Gasteiger partial charge in [-0.05, 0) is 37.1 Å². The van der Waals surface area contributed by atoms with Crippen LogP contribution in [0.4, 0.5) is 0 Å². The Kier molecular flexibility index (Phi) is 3.40. The fourth-order valence-electron chi connectivity index (χ4n) is 2.16. The molecule has 0 saturated heterocycles. The molecule has 1 heterocycles. The van der Waals surface area contributed by atoms with Crippen LogP contribution in [0.25, 0.3) is 6.08 Å². The lowest BCUT2D eigenvalue weighted by Gasteiger charge is -2.02. The van der Waals surface area contributed by atoms with Crippen molar-refractivity contribution in [3.8, 4) is 0 Å². The maximum Gasteiger partial charge on any atom is 0.363 e. The van der Waals surface area contributed by atoms with E-state index in [1.165, 1.54) is 5.56 Å². The number of cyclic esters (lactones) is 1. The molecule has 3 rings (SSSR count). The van der Waals surface area contributed by atoms with Crippen molar-refractivity contribution in [2.45, 2.75) is 13.8 Å². The van der Waals surface area contributed by atoms with Crippen molar-refractivity contribution in [3.63, 3.8) is 0 Å². The molecule has 3 nitrogen and oxygen atoms in total. The molecule has 1 aliphatic heterocycles. The second-order valence-electron chi connectivity index (χ2n) is 5.06. The van der Waals surface area contributed by atoms with Crippen molar-refractivity contribution in [1.82, 2.24) is 0 Å². The van der Waals surface area contributed by atoms with Gasteiger partial charge in [0.2, 0.25) is 5.90 Å². The minimum Gasteiger partial charge on any atom is -0.402 e. The monoisotopic (exact) mass is 277 g/mol. The second-order valence-corrected chi connectivity index (χ2v) is 5.06. The maximum atomic E-state index is 11.9. The first-order chi connectivity index (χ1) is 10.1. The SMILES string of the molecule is Cc1ccc(/C=C2/N=C(c3ccccc3C)OC2=O)cc1. The standard InChI is InChI=1S/C18H15NO2/c1-12-7-9-14(10-8-12)11-16-18(20)21-17(19-16)15-6-4-3-5-13(15)2/h3-11H,1-2H3/b16-11+. The number of ether oxygens (including phenoxy) is 1. The molecular formula is C18H15NO2. The molecule has 0 atom stereocenters. The van der Waals surface area contributed by atoms with Gasteiger partial charge in [-0.1, -0.05) is 48.0 Å². The molecule has 0 bridgehead atoms. The van der Waals surface area contributed by atoms with E-state index in [2.05, 4.69) is 4.99 Å². The molecule has 0 spiro atoms. The minimum atomic E-state index is -0.408. The summed E-state index contributed by atoms with van der Waals surface area (Å²) in [6, 6.07) is 15.6. The highest BCUT2D eigenvalue weighted by molar-refractivity contribution is 6.13. The zero-order valence-electron chi connectivity index (χ0n) is 12.0. The Morgan fingerprint density at radius 3 is 2.43 bits per heavy atom. The Morgan fingerprint density at radius 1 is 1.00 bits per heavy atom. The lowest BCUT2D eigenvalue weighted by Crippen LogP contribution is -2.06. The van der Waals surface area contributed by atoms with Crippen molar-refractivity contribution >= 4 is 17.9 Å². The zero-order chi connectivity index (χ0) is 14.8. The molecule has 1 aliphatic rings. The lowest BCUT2D eigenvalue weighted by atomic mass is 10.1. The summed E-state index contributed by atoms with van der Waals surface area (Å²) in [4.78, 5) is 16.3. The van der Waals surface area contributed by atoms with Crippen molar-refractivity contribution in [3.05, 3.63) is 76.5 Å². The molecule has 104 valence electrons. The highest BCUT2D eigenvalue weighted by atomic mass is 16.6. The normalized spacial score (nSPS) is 16.0. The van der Waals surface area contributed by atoms with Gasteiger partial charge in [-0.2, -0.15) is 0 Å². The third-order valence-electron chi connectivity index (χ3n) is 3.38. The first-order valence-electron chi connectivity index (χ1n) is 6.79. The van der Waals surface area contributed by atoms with Gasteiger partial charge < -0.3 is 4.74 Å². The predicted molar refractivity (Wildman–Crippen MR) is 83.0 cm³/mol. The number of esters is 1. The number of rotatable bonds is 2. The van der Waals surface area contributed by atoms with E-state index in [1.807, 2.05) is 62.4 Å². The number of aliphatic imine (C=N–C) groups is 1. The van der Waals surface area contributed by atoms with E-state index in [-0.39, 0.29) is 0 Å². The Morgan fingerprint density at radius 2 is 1.71 bits per heavy atom. The zero-order valence-corrected chi connectivity index (χ0v) is 12.0. The van der Waals surface area contributed by atoms with E-state index in [1.54, 1.807) is 6.08 Å². The summed E-state index contributed by atoms with van der Waals surface area (Å²) >= 11 is 0. The molecule has 0 aliphatic carbocycles. The summed E-state index contributed by atoms with van der Waals surface area (Å²) in [6.07, 6.45) is 1.74. The Hall–Kier alpha value is -2.68. The maximum absolute atomic E-state index is 11.9. The molecule has 2 aromatic rings.